The quantitative estimate of drug-likeness (QED) is 0.832. The molecular formula is C14H14N4O3. The van der Waals surface area contributed by atoms with Crippen LogP contribution in [0.4, 0.5) is 0 Å². The summed E-state index contributed by atoms with van der Waals surface area (Å²) in [5, 5.41) is 7.98. The Labute approximate surface area is 119 Å². The molecule has 1 aliphatic carbocycles. The lowest BCUT2D eigenvalue weighted by Gasteiger charge is -2.09. The van der Waals surface area contributed by atoms with Crippen molar-refractivity contribution in [3.8, 4) is 11.7 Å². The summed E-state index contributed by atoms with van der Waals surface area (Å²) < 4.78 is 6.47. The molecule has 21 heavy (non-hydrogen) atoms. The molecule has 2 heterocycles. The molecule has 0 spiro atoms. The number of allylic oxidation sites excluding steroid dienone is 1. The Morgan fingerprint density at radius 2 is 2.29 bits per heavy atom. The minimum absolute atomic E-state index is 0.283. The number of ether oxygens (including phenoxy) is 1. The van der Waals surface area contributed by atoms with Crippen LogP contribution in [0.2, 0.25) is 0 Å². The number of aromatic nitrogens is 4. The molecule has 0 bridgehead atoms. The predicted molar refractivity (Wildman–Crippen MR) is 75.8 cm³/mol. The Morgan fingerprint density at radius 1 is 1.48 bits per heavy atom. The van der Waals surface area contributed by atoms with E-state index < -0.39 is 11.2 Å². The van der Waals surface area contributed by atoms with E-state index in [2.05, 4.69) is 21.8 Å². The lowest BCUT2D eigenvalue weighted by Crippen LogP contribution is -2.28. The van der Waals surface area contributed by atoms with E-state index in [1.165, 1.54) is 23.9 Å². The van der Waals surface area contributed by atoms with Gasteiger partial charge in [0.2, 0.25) is 5.88 Å². The first-order valence-electron chi connectivity index (χ1n) is 6.50. The molecule has 0 radical (unpaired) electrons. The molecule has 1 fully saturated rings. The minimum atomic E-state index is -0.552. The van der Waals surface area contributed by atoms with Crippen LogP contribution in [0.25, 0.3) is 5.82 Å². The summed E-state index contributed by atoms with van der Waals surface area (Å²) in [6.45, 7) is 3.79. The highest BCUT2D eigenvalue weighted by Crippen LogP contribution is 2.50. The number of hydrogen-bond donors (Lipinski definition) is 1. The zero-order chi connectivity index (χ0) is 15.0. The molecule has 7 nitrogen and oxygen atoms in total. The summed E-state index contributed by atoms with van der Waals surface area (Å²) in [7, 11) is 1.53. The monoisotopic (exact) mass is 286 g/mol. The van der Waals surface area contributed by atoms with Crippen LogP contribution in [0.5, 0.6) is 5.88 Å². The summed E-state index contributed by atoms with van der Waals surface area (Å²) in [5.41, 5.74) is -0.110. The topological polar surface area (TPSA) is 89.9 Å². The van der Waals surface area contributed by atoms with Gasteiger partial charge in [0.15, 0.2) is 5.82 Å². The van der Waals surface area contributed by atoms with Gasteiger partial charge in [-0.15, -0.1) is 16.8 Å². The maximum atomic E-state index is 11.8. The average molecular weight is 286 g/mol. The van der Waals surface area contributed by atoms with Crippen LogP contribution < -0.4 is 16.0 Å². The lowest BCUT2D eigenvalue weighted by atomic mass is 10.1. The average Bonchev–Trinajstić information content (AvgIpc) is 3.26. The number of nitrogens with one attached hydrogen (secondary N) is 1. The molecule has 1 N–H and O–H groups in total. The summed E-state index contributed by atoms with van der Waals surface area (Å²) in [5.74, 6) is 1.47. The van der Waals surface area contributed by atoms with Crippen LogP contribution in [0, 0.1) is 5.92 Å². The molecular weight excluding hydrogens is 272 g/mol. The van der Waals surface area contributed by atoms with Gasteiger partial charge in [-0.2, -0.15) is 0 Å². The second-order valence-corrected chi connectivity index (χ2v) is 4.89. The van der Waals surface area contributed by atoms with Crippen LogP contribution >= 0.6 is 0 Å². The molecule has 0 aliphatic heterocycles. The summed E-state index contributed by atoms with van der Waals surface area (Å²) >= 11 is 0. The van der Waals surface area contributed by atoms with Crippen molar-refractivity contribution in [2.75, 3.05) is 7.11 Å². The van der Waals surface area contributed by atoms with Gasteiger partial charge in [-0.25, -0.2) is 4.79 Å². The molecule has 0 unspecified atom stereocenters. The minimum Gasteiger partial charge on any atom is -0.480 e. The van der Waals surface area contributed by atoms with Gasteiger partial charge in [-0.3, -0.25) is 14.3 Å². The smallest absolute Gasteiger partial charge is 0.334 e. The van der Waals surface area contributed by atoms with Crippen molar-refractivity contribution < 1.29 is 4.74 Å². The van der Waals surface area contributed by atoms with E-state index in [4.69, 9.17) is 4.74 Å². The molecule has 0 saturated heterocycles. The van der Waals surface area contributed by atoms with E-state index in [9.17, 15) is 9.59 Å². The van der Waals surface area contributed by atoms with Gasteiger partial charge in [0, 0.05) is 17.8 Å². The Hall–Kier alpha value is -2.70. The molecule has 2 atom stereocenters. The number of hydrogen-bond acceptors (Lipinski definition) is 5. The van der Waals surface area contributed by atoms with Crippen LogP contribution in [0.3, 0.4) is 0 Å². The van der Waals surface area contributed by atoms with Crippen LogP contribution in [0.15, 0.2) is 40.6 Å². The number of rotatable bonds is 4. The Morgan fingerprint density at radius 3 is 2.90 bits per heavy atom. The van der Waals surface area contributed by atoms with E-state index in [0.717, 1.165) is 12.0 Å². The Kier molecular flexibility index (Phi) is 3.17. The molecule has 108 valence electrons. The van der Waals surface area contributed by atoms with Crippen molar-refractivity contribution in [3.63, 3.8) is 0 Å². The highest BCUT2D eigenvalue weighted by atomic mass is 16.5. The number of nitrogens with zero attached hydrogens (tertiary/aromatic N) is 3. The maximum Gasteiger partial charge on any atom is 0.334 e. The van der Waals surface area contributed by atoms with E-state index in [1.54, 1.807) is 6.07 Å². The van der Waals surface area contributed by atoms with E-state index >= 15 is 0 Å². The van der Waals surface area contributed by atoms with Crippen LogP contribution in [-0.4, -0.2) is 26.9 Å². The zero-order valence-corrected chi connectivity index (χ0v) is 11.4. The first kappa shape index (κ1) is 13.3. The molecule has 7 heteroatoms. The Bertz CT molecular complexity index is 808. The maximum absolute atomic E-state index is 11.8. The van der Waals surface area contributed by atoms with E-state index in [1.807, 2.05) is 6.08 Å². The predicted octanol–water partition coefficient (Wildman–Crippen LogP) is 0.614. The number of methoxy groups -OCH3 is 1. The molecule has 1 saturated carbocycles. The van der Waals surface area contributed by atoms with Crippen molar-refractivity contribution >= 4 is 0 Å². The molecule has 0 amide bonds. The van der Waals surface area contributed by atoms with Crippen molar-refractivity contribution in [3.05, 3.63) is 57.4 Å². The third kappa shape index (κ3) is 2.37. The van der Waals surface area contributed by atoms with Crippen molar-refractivity contribution in [2.45, 2.75) is 12.3 Å². The van der Waals surface area contributed by atoms with Gasteiger partial charge in [0.25, 0.3) is 5.56 Å². The van der Waals surface area contributed by atoms with Gasteiger partial charge in [0.1, 0.15) is 0 Å². The van der Waals surface area contributed by atoms with E-state index in [0.29, 0.717) is 17.6 Å². The molecule has 0 aromatic carbocycles. The largest absolute Gasteiger partial charge is 0.480 e. The van der Waals surface area contributed by atoms with Gasteiger partial charge in [-0.1, -0.05) is 6.08 Å². The lowest BCUT2D eigenvalue weighted by molar-refractivity contribution is 0.385. The normalized spacial score (nSPS) is 20.0. The summed E-state index contributed by atoms with van der Waals surface area (Å²) in [6.07, 6.45) is 4.25. The van der Waals surface area contributed by atoms with Crippen molar-refractivity contribution in [1.82, 2.24) is 19.7 Å². The first-order valence-corrected chi connectivity index (χ1v) is 6.50. The molecule has 1 aliphatic rings. The Balaban J connectivity index is 2.08. The second kappa shape index (κ2) is 5.01. The van der Waals surface area contributed by atoms with Crippen molar-refractivity contribution in [1.29, 1.82) is 0 Å². The van der Waals surface area contributed by atoms with Gasteiger partial charge in [0.05, 0.1) is 7.11 Å². The first-order chi connectivity index (χ1) is 10.1. The fourth-order valence-corrected chi connectivity index (χ4v) is 2.36. The third-order valence-electron chi connectivity index (χ3n) is 3.58. The SMILES string of the molecule is C=C[C@H]1C[C@@H]1c1cc(-n2ccc(=O)[nH]c2=O)nnc1OC. The standard InChI is InChI=1S/C14H14N4O3/c1-3-8-6-9(8)10-7-11(16-17-13(10)21-2)18-5-4-12(19)15-14(18)20/h3-5,7-9H,1,6H2,2H3,(H,15,19,20)/t8-,9-/m0/s1. The summed E-state index contributed by atoms with van der Waals surface area (Å²) in [4.78, 5) is 25.1. The molecule has 2 aromatic rings. The fourth-order valence-electron chi connectivity index (χ4n) is 2.36. The highest BCUT2D eigenvalue weighted by Gasteiger charge is 2.38. The van der Waals surface area contributed by atoms with Gasteiger partial charge < -0.3 is 4.74 Å². The fraction of sp³-hybridized carbons (Fsp3) is 0.286. The highest BCUT2D eigenvalue weighted by molar-refractivity contribution is 5.40. The number of aromatic amines is 1. The summed E-state index contributed by atoms with van der Waals surface area (Å²) in [6, 6.07) is 3.02. The van der Waals surface area contributed by atoms with Gasteiger partial charge >= 0.3 is 5.69 Å². The molecule has 3 rings (SSSR count). The zero-order valence-electron chi connectivity index (χ0n) is 11.4. The van der Waals surface area contributed by atoms with Crippen LogP contribution in [-0.2, 0) is 0 Å². The third-order valence-corrected chi connectivity index (χ3v) is 3.58. The van der Waals surface area contributed by atoms with Crippen molar-refractivity contribution in [2.24, 2.45) is 5.92 Å². The number of H-pyrrole nitrogens is 1. The molecule has 2 aromatic heterocycles. The van der Waals surface area contributed by atoms with Crippen LogP contribution in [0.1, 0.15) is 17.9 Å². The second-order valence-electron chi connectivity index (χ2n) is 4.89. The van der Waals surface area contributed by atoms with Gasteiger partial charge in [-0.05, 0) is 24.3 Å². The van der Waals surface area contributed by atoms with E-state index in [-0.39, 0.29) is 5.92 Å².